The largest absolute Gasteiger partial charge is 0.315 e. The molecule has 2 heteroatoms. The Kier molecular flexibility index (Phi) is 14.1. The Morgan fingerprint density at radius 1 is 0.923 bits per heavy atom. The number of hydrogen-bond acceptors (Lipinski definition) is 2. The summed E-state index contributed by atoms with van der Waals surface area (Å²) in [5.41, 5.74) is 0. The molecule has 0 aromatic rings. The molecule has 0 aromatic carbocycles. The number of rotatable bonds is 0. The van der Waals surface area contributed by atoms with Gasteiger partial charge >= 0.3 is 0 Å². The van der Waals surface area contributed by atoms with E-state index in [0.717, 1.165) is 25.6 Å². The zero-order valence-electron chi connectivity index (χ0n) is 10.3. The molecule has 2 atom stereocenters. The van der Waals surface area contributed by atoms with E-state index < -0.39 is 0 Å². The summed E-state index contributed by atoms with van der Waals surface area (Å²) < 4.78 is 0. The summed E-state index contributed by atoms with van der Waals surface area (Å²) in [5.74, 6) is 0.771. The van der Waals surface area contributed by atoms with Gasteiger partial charge in [-0.15, -0.1) is 0 Å². The van der Waals surface area contributed by atoms with Crippen LogP contribution in [-0.2, 0) is 0 Å². The standard InChI is InChI=1S/C7H16N2.2C2H6/c1-6-5-8-3-4-9-7(6)2;2*1-2/h6-9H,3-5H2,1-2H3;2*1-2H3. The molecular weight excluding hydrogens is 160 g/mol. The van der Waals surface area contributed by atoms with Crippen LogP contribution in [0.25, 0.3) is 0 Å². The van der Waals surface area contributed by atoms with Crippen LogP contribution < -0.4 is 10.6 Å². The summed E-state index contributed by atoms with van der Waals surface area (Å²) in [7, 11) is 0. The van der Waals surface area contributed by atoms with E-state index in [0.29, 0.717) is 6.04 Å². The number of hydrogen-bond donors (Lipinski definition) is 2. The van der Waals surface area contributed by atoms with Crippen LogP contribution in [0.4, 0.5) is 0 Å². The molecule has 1 heterocycles. The SMILES string of the molecule is CC.CC.CC1CNCCNC1C. The predicted octanol–water partition coefficient (Wildman–Crippen LogP) is 2.26. The van der Waals surface area contributed by atoms with Crippen molar-refractivity contribution in [3.05, 3.63) is 0 Å². The van der Waals surface area contributed by atoms with Gasteiger partial charge in [-0.05, 0) is 19.4 Å². The molecule has 0 radical (unpaired) electrons. The van der Waals surface area contributed by atoms with Crippen LogP contribution in [0.3, 0.4) is 0 Å². The Hall–Kier alpha value is -0.0800. The molecule has 0 saturated carbocycles. The van der Waals surface area contributed by atoms with E-state index in [2.05, 4.69) is 24.5 Å². The normalized spacial score (nSPS) is 27.2. The van der Waals surface area contributed by atoms with Crippen molar-refractivity contribution < 1.29 is 0 Å². The second-order valence-electron chi connectivity index (χ2n) is 2.92. The molecule has 0 amide bonds. The molecule has 2 N–H and O–H groups in total. The van der Waals surface area contributed by atoms with E-state index in [9.17, 15) is 0 Å². The van der Waals surface area contributed by atoms with E-state index in [1.54, 1.807) is 0 Å². The van der Waals surface area contributed by atoms with Crippen molar-refractivity contribution in [2.75, 3.05) is 19.6 Å². The van der Waals surface area contributed by atoms with Gasteiger partial charge in [0.15, 0.2) is 0 Å². The monoisotopic (exact) mass is 188 g/mol. The van der Waals surface area contributed by atoms with Crippen LogP contribution >= 0.6 is 0 Å². The van der Waals surface area contributed by atoms with Gasteiger partial charge in [0.2, 0.25) is 0 Å². The summed E-state index contributed by atoms with van der Waals surface area (Å²) in [4.78, 5) is 0. The van der Waals surface area contributed by atoms with Crippen LogP contribution in [0.5, 0.6) is 0 Å². The van der Waals surface area contributed by atoms with Gasteiger partial charge < -0.3 is 10.6 Å². The first-order chi connectivity index (χ1) is 6.30. The average Bonchev–Trinajstić information content (AvgIpc) is 2.39. The zero-order valence-corrected chi connectivity index (χ0v) is 10.3. The lowest BCUT2D eigenvalue weighted by atomic mass is 10.1. The van der Waals surface area contributed by atoms with Crippen molar-refractivity contribution in [2.24, 2.45) is 5.92 Å². The minimum atomic E-state index is 0.681. The quantitative estimate of drug-likeness (QED) is 0.609. The lowest BCUT2D eigenvalue weighted by Gasteiger charge is -2.15. The third kappa shape index (κ3) is 8.26. The maximum absolute atomic E-state index is 3.43. The van der Waals surface area contributed by atoms with Gasteiger partial charge in [-0.3, -0.25) is 0 Å². The first kappa shape index (κ1) is 15.4. The lowest BCUT2D eigenvalue weighted by Crippen LogP contribution is -2.32. The molecule has 1 aliphatic heterocycles. The van der Waals surface area contributed by atoms with Crippen LogP contribution in [-0.4, -0.2) is 25.7 Å². The highest BCUT2D eigenvalue weighted by Gasteiger charge is 2.12. The fraction of sp³-hybridized carbons (Fsp3) is 1.00. The summed E-state index contributed by atoms with van der Waals surface area (Å²) in [5, 5.41) is 6.80. The molecule has 1 rings (SSSR count). The van der Waals surface area contributed by atoms with Crippen molar-refractivity contribution in [2.45, 2.75) is 47.6 Å². The van der Waals surface area contributed by atoms with E-state index >= 15 is 0 Å². The predicted molar refractivity (Wildman–Crippen MR) is 62.2 cm³/mol. The minimum Gasteiger partial charge on any atom is -0.315 e. The van der Waals surface area contributed by atoms with Crippen molar-refractivity contribution >= 4 is 0 Å². The Bertz CT molecular complexity index is 74.2. The van der Waals surface area contributed by atoms with E-state index in [4.69, 9.17) is 0 Å². The fourth-order valence-corrected chi connectivity index (χ4v) is 1.10. The first-order valence-corrected chi connectivity index (χ1v) is 5.75. The number of nitrogens with one attached hydrogen (secondary N) is 2. The molecule has 0 spiro atoms. The van der Waals surface area contributed by atoms with Gasteiger partial charge in [-0.25, -0.2) is 0 Å². The molecule has 0 aliphatic carbocycles. The zero-order chi connectivity index (χ0) is 10.7. The second-order valence-corrected chi connectivity index (χ2v) is 2.92. The summed E-state index contributed by atoms with van der Waals surface area (Å²) >= 11 is 0. The van der Waals surface area contributed by atoms with Crippen LogP contribution in [0.15, 0.2) is 0 Å². The van der Waals surface area contributed by atoms with Crippen molar-refractivity contribution in [1.29, 1.82) is 0 Å². The van der Waals surface area contributed by atoms with Gasteiger partial charge in [0, 0.05) is 19.1 Å². The Labute approximate surface area is 84.5 Å². The topological polar surface area (TPSA) is 24.1 Å². The molecule has 1 aliphatic rings. The molecular formula is C11H28N2. The third-order valence-corrected chi connectivity index (χ3v) is 2.09. The van der Waals surface area contributed by atoms with Crippen molar-refractivity contribution in [3.8, 4) is 0 Å². The molecule has 1 saturated heterocycles. The Balaban J connectivity index is 0. The Morgan fingerprint density at radius 3 is 2.00 bits per heavy atom. The van der Waals surface area contributed by atoms with E-state index in [-0.39, 0.29) is 0 Å². The highest BCUT2D eigenvalue weighted by molar-refractivity contribution is 4.74. The summed E-state index contributed by atoms with van der Waals surface area (Å²) in [6.45, 7) is 15.9. The van der Waals surface area contributed by atoms with Gasteiger partial charge in [0.05, 0.1) is 0 Å². The summed E-state index contributed by atoms with van der Waals surface area (Å²) in [6.07, 6.45) is 0. The highest BCUT2D eigenvalue weighted by atomic mass is 15.0. The molecule has 1 fully saturated rings. The van der Waals surface area contributed by atoms with E-state index in [1.165, 1.54) is 0 Å². The van der Waals surface area contributed by atoms with E-state index in [1.807, 2.05) is 27.7 Å². The summed E-state index contributed by atoms with van der Waals surface area (Å²) in [6, 6.07) is 0.681. The average molecular weight is 188 g/mol. The fourth-order valence-electron chi connectivity index (χ4n) is 1.10. The lowest BCUT2D eigenvalue weighted by molar-refractivity contribution is 0.432. The third-order valence-electron chi connectivity index (χ3n) is 2.09. The van der Waals surface area contributed by atoms with Gasteiger partial charge in [0.25, 0.3) is 0 Å². The maximum atomic E-state index is 3.43. The molecule has 0 bridgehead atoms. The minimum absolute atomic E-state index is 0.681. The van der Waals surface area contributed by atoms with Crippen molar-refractivity contribution in [1.82, 2.24) is 10.6 Å². The smallest absolute Gasteiger partial charge is 0.00793 e. The highest BCUT2D eigenvalue weighted by Crippen LogP contribution is 2.01. The van der Waals surface area contributed by atoms with Gasteiger partial charge in [0.1, 0.15) is 0 Å². The van der Waals surface area contributed by atoms with Crippen LogP contribution in [0, 0.1) is 5.92 Å². The van der Waals surface area contributed by atoms with Gasteiger partial charge in [-0.1, -0.05) is 34.6 Å². The Morgan fingerprint density at radius 2 is 1.46 bits per heavy atom. The van der Waals surface area contributed by atoms with Crippen molar-refractivity contribution in [3.63, 3.8) is 0 Å². The first-order valence-electron chi connectivity index (χ1n) is 5.75. The van der Waals surface area contributed by atoms with Crippen LogP contribution in [0.1, 0.15) is 41.5 Å². The molecule has 0 aromatic heterocycles. The van der Waals surface area contributed by atoms with Gasteiger partial charge in [-0.2, -0.15) is 0 Å². The molecule has 13 heavy (non-hydrogen) atoms. The molecule has 2 unspecified atom stereocenters. The maximum Gasteiger partial charge on any atom is 0.00793 e. The molecule has 82 valence electrons. The molecule has 2 nitrogen and oxygen atoms in total. The van der Waals surface area contributed by atoms with Crippen LogP contribution in [0.2, 0.25) is 0 Å². The second kappa shape index (κ2) is 11.9.